The van der Waals surface area contributed by atoms with Crippen LogP contribution in [-0.2, 0) is 18.9 Å². The van der Waals surface area contributed by atoms with Gasteiger partial charge in [0.25, 0.3) is 0 Å². The summed E-state index contributed by atoms with van der Waals surface area (Å²) in [6, 6.07) is 2.98. The Labute approximate surface area is 301 Å². The highest BCUT2D eigenvalue weighted by atomic mass is 19.1. The molecule has 52 heavy (non-hydrogen) atoms. The lowest BCUT2D eigenvalue weighted by Gasteiger charge is -2.32. The minimum Gasteiger partial charge on any atom is -0.474 e. The molecule has 4 rings (SSSR count). The van der Waals surface area contributed by atoms with Gasteiger partial charge in [-0.2, -0.15) is 0 Å². The van der Waals surface area contributed by atoms with Crippen LogP contribution in [0.15, 0.2) is 24.5 Å². The normalized spacial score (nSPS) is 13.7. The summed E-state index contributed by atoms with van der Waals surface area (Å²) in [5.41, 5.74) is -1.50. The Bertz CT molecular complexity index is 1860. The molecule has 15 nitrogen and oxygen atoms in total. The number of rotatable bonds is 6. The number of ether oxygens (including phenoxy) is 5. The van der Waals surface area contributed by atoms with Crippen LogP contribution in [0, 0.1) is 12.7 Å². The molecule has 0 radical (unpaired) electrons. The van der Waals surface area contributed by atoms with Gasteiger partial charge in [-0.25, -0.2) is 33.5 Å². The maximum absolute atomic E-state index is 16.7. The van der Waals surface area contributed by atoms with Crippen molar-refractivity contribution in [3.8, 4) is 17.0 Å². The number of fused-ring (bicyclic) bond motifs is 2. The number of nitrogens with zero attached hydrogens (tertiary/aromatic N) is 3. The fourth-order valence-corrected chi connectivity index (χ4v) is 5.07. The molecule has 0 bridgehead atoms. The molecule has 3 aromatic rings. The van der Waals surface area contributed by atoms with E-state index in [0.717, 1.165) is 0 Å². The maximum Gasteiger partial charge on any atom is 0.415 e. The zero-order chi connectivity index (χ0) is 38.8. The molecule has 3 heterocycles. The van der Waals surface area contributed by atoms with Crippen LogP contribution in [0.25, 0.3) is 21.9 Å². The first-order chi connectivity index (χ1) is 24.0. The predicted molar refractivity (Wildman–Crippen MR) is 192 cm³/mol. The van der Waals surface area contributed by atoms with Crippen LogP contribution in [0.4, 0.5) is 40.8 Å². The second-order valence-corrected chi connectivity index (χ2v) is 15.2. The summed E-state index contributed by atoms with van der Waals surface area (Å²) in [7, 11) is 0. The molecule has 16 heteroatoms. The van der Waals surface area contributed by atoms with Gasteiger partial charge in [-0.15, -0.1) is 0 Å². The number of halogens is 1. The van der Waals surface area contributed by atoms with E-state index in [1.807, 2.05) is 0 Å². The number of amides is 4. The van der Waals surface area contributed by atoms with Crippen LogP contribution in [0.5, 0.6) is 5.88 Å². The van der Waals surface area contributed by atoms with Crippen LogP contribution in [0.1, 0.15) is 74.8 Å². The summed E-state index contributed by atoms with van der Waals surface area (Å²) in [5.74, 6) is -0.594. The molecular weight excluding hydrogens is 679 g/mol. The molecule has 0 saturated carbocycles. The Hall–Kier alpha value is -5.41. The van der Waals surface area contributed by atoms with Gasteiger partial charge in [-0.3, -0.25) is 15.5 Å². The summed E-state index contributed by atoms with van der Waals surface area (Å²) in [6.45, 7) is 19.1. The number of carbonyl (C=O) groups is 4. The number of aromatic nitrogens is 2. The number of benzene rings is 1. The van der Waals surface area contributed by atoms with Crippen molar-refractivity contribution >= 4 is 52.3 Å². The molecule has 1 aliphatic heterocycles. The van der Waals surface area contributed by atoms with E-state index in [1.54, 1.807) is 76.2 Å². The first-order valence-corrected chi connectivity index (χ1v) is 16.7. The number of pyridine rings is 2. The first kappa shape index (κ1) is 39.4. The van der Waals surface area contributed by atoms with Crippen molar-refractivity contribution in [3.05, 3.63) is 35.9 Å². The number of hydrogen-bond acceptors (Lipinski definition) is 11. The summed E-state index contributed by atoms with van der Waals surface area (Å²) in [6.07, 6.45) is -1.08. The molecule has 1 unspecified atom stereocenters. The van der Waals surface area contributed by atoms with E-state index in [2.05, 4.69) is 25.9 Å². The van der Waals surface area contributed by atoms with Gasteiger partial charge in [0.15, 0.2) is 5.82 Å². The zero-order valence-corrected chi connectivity index (χ0v) is 31.4. The lowest BCUT2D eigenvalue weighted by Crippen LogP contribution is -2.42. The van der Waals surface area contributed by atoms with E-state index in [4.69, 9.17) is 23.7 Å². The topological polar surface area (TPSA) is 180 Å². The zero-order valence-electron chi connectivity index (χ0n) is 31.4. The van der Waals surface area contributed by atoms with Crippen molar-refractivity contribution in [2.75, 3.05) is 35.2 Å². The Kier molecular flexibility index (Phi) is 11.4. The minimum atomic E-state index is -0.908. The molecule has 4 amide bonds. The summed E-state index contributed by atoms with van der Waals surface area (Å²) >= 11 is 0. The van der Waals surface area contributed by atoms with Crippen LogP contribution >= 0.6 is 0 Å². The van der Waals surface area contributed by atoms with Crippen LogP contribution < -0.4 is 25.6 Å². The summed E-state index contributed by atoms with van der Waals surface area (Å²) in [4.78, 5) is 60.9. The highest BCUT2D eigenvalue weighted by Gasteiger charge is 2.32. The quantitative estimate of drug-likeness (QED) is 0.212. The lowest BCUT2D eigenvalue weighted by molar-refractivity contribution is 0.0484. The molecule has 1 aromatic carbocycles. The summed E-state index contributed by atoms with van der Waals surface area (Å²) in [5, 5.41) is 8.15. The third-order valence-electron chi connectivity index (χ3n) is 7.06. The fraction of sp³-hybridized carbons (Fsp3) is 0.500. The third-order valence-corrected chi connectivity index (χ3v) is 7.06. The molecule has 2 aromatic heterocycles. The van der Waals surface area contributed by atoms with E-state index < -0.39 is 53.1 Å². The number of nitrogens with one attached hydrogen (secondary N) is 3. The number of anilines is 3. The second-order valence-electron chi connectivity index (χ2n) is 15.2. The summed E-state index contributed by atoms with van der Waals surface area (Å²) < 4.78 is 44.0. The Balaban J connectivity index is 1.72. The van der Waals surface area contributed by atoms with E-state index >= 15 is 4.39 Å². The molecule has 0 saturated heterocycles. The second kappa shape index (κ2) is 15.1. The van der Waals surface area contributed by atoms with Gasteiger partial charge in [0.05, 0.1) is 18.8 Å². The van der Waals surface area contributed by atoms with E-state index in [9.17, 15) is 19.2 Å². The van der Waals surface area contributed by atoms with E-state index in [0.29, 0.717) is 22.2 Å². The van der Waals surface area contributed by atoms with E-state index in [1.165, 1.54) is 29.4 Å². The van der Waals surface area contributed by atoms with Crippen LogP contribution in [0.2, 0.25) is 0 Å². The number of alkyl carbamates (subject to hydrolysis) is 1. The average Bonchev–Trinajstić information content (AvgIpc) is 2.99. The molecule has 0 spiro atoms. The van der Waals surface area contributed by atoms with E-state index in [-0.39, 0.29) is 48.0 Å². The van der Waals surface area contributed by atoms with Crippen molar-refractivity contribution < 1.29 is 47.3 Å². The SMILES string of the molecule is Cc1c(-c2cc3cc(NC(=O)OC(C)CNC(=O)OC(C)(C)C)ncc3c(NC(=O)OC(C)(C)C)c2F)cnc2c1N(C(=O)OC(C)(C)C)CCO2. The van der Waals surface area contributed by atoms with Crippen LogP contribution in [-0.4, -0.2) is 76.9 Å². The maximum atomic E-state index is 16.7. The Morgan fingerprint density at radius 3 is 2.13 bits per heavy atom. The molecule has 3 N–H and O–H groups in total. The van der Waals surface area contributed by atoms with Crippen molar-refractivity contribution in [2.24, 2.45) is 0 Å². The van der Waals surface area contributed by atoms with Crippen LogP contribution in [0.3, 0.4) is 0 Å². The molecule has 1 atom stereocenters. The molecular formula is C36H47FN6O9. The molecule has 0 fully saturated rings. The van der Waals surface area contributed by atoms with Crippen molar-refractivity contribution in [3.63, 3.8) is 0 Å². The average molecular weight is 727 g/mol. The van der Waals surface area contributed by atoms with Gasteiger partial charge in [0.2, 0.25) is 5.88 Å². The first-order valence-electron chi connectivity index (χ1n) is 16.7. The van der Waals surface area contributed by atoms with Gasteiger partial charge < -0.3 is 29.0 Å². The highest BCUT2D eigenvalue weighted by molar-refractivity contribution is 6.05. The van der Waals surface area contributed by atoms with Crippen molar-refractivity contribution in [1.29, 1.82) is 0 Å². The largest absolute Gasteiger partial charge is 0.474 e. The number of carbonyl (C=O) groups excluding carboxylic acids is 4. The standard InChI is InChI=1S/C36H47FN6O9/c1-19(16-40-30(44)50-34(3,4)5)49-31(45)41-25-15-21-14-22(26(37)27(24(21)18-38-25)42-32(46)51-35(6,7)8)23-17-39-29-28(20(23)2)43(12-13-48-29)33(47)52-36(9,10)11/h14-15,17-19H,12-13,16H2,1-11H3,(H,40,44)(H,42,46)(H,38,41,45). The Morgan fingerprint density at radius 2 is 1.50 bits per heavy atom. The van der Waals surface area contributed by atoms with Gasteiger partial charge >= 0.3 is 24.4 Å². The van der Waals surface area contributed by atoms with Gasteiger partial charge in [-0.05, 0) is 99.2 Å². The third kappa shape index (κ3) is 10.3. The predicted octanol–water partition coefficient (Wildman–Crippen LogP) is 7.69. The monoisotopic (exact) mass is 726 g/mol. The highest BCUT2D eigenvalue weighted by Crippen LogP contribution is 2.42. The Morgan fingerprint density at radius 1 is 0.865 bits per heavy atom. The smallest absolute Gasteiger partial charge is 0.415 e. The number of hydrogen-bond donors (Lipinski definition) is 3. The van der Waals surface area contributed by atoms with Gasteiger partial charge in [0.1, 0.15) is 41.0 Å². The fourth-order valence-electron chi connectivity index (χ4n) is 5.07. The molecule has 0 aliphatic carbocycles. The van der Waals surface area contributed by atoms with Gasteiger partial charge in [-0.1, -0.05) is 0 Å². The lowest BCUT2D eigenvalue weighted by atomic mass is 9.96. The van der Waals surface area contributed by atoms with Crippen molar-refractivity contribution in [1.82, 2.24) is 15.3 Å². The molecule has 282 valence electrons. The van der Waals surface area contributed by atoms with Gasteiger partial charge in [0, 0.05) is 28.9 Å². The molecule has 1 aliphatic rings. The van der Waals surface area contributed by atoms with Crippen molar-refractivity contribution in [2.45, 2.75) is 99.1 Å². The minimum absolute atomic E-state index is 0.0135.